The maximum atomic E-state index is 9.13. The summed E-state index contributed by atoms with van der Waals surface area (Å²) >= 11 is 12.0. The second-order valence-corrected chi connectivity index (χ2v) is 4.39. The fraction of sp³-hybridized carbons (Fsp3) is 0.0833. The number of nitrogens with zero attached hydrogens (tertiary/aromatic N) is 1. The minimum atomic E-state index is -0.162. The van der Waals surface area contributed by atoms with Crippen molar-refractivity contribution in [2.45, 2.75) is 6.61 Å². The molecule has 2 aromatic rings. The molecule has 0 aliphatic rings. The van der Waals surface area contributed by atoms with Crippen LogP contribution in [0, 0.1) is 0 Å². The van der Waals surface area contributed by atoms with Crippen LogP contribution in [0.5, 0.6) is 0 Å². The number of rotatable bonds is 2. The zero-order chi connectivity index (χ0) is 12.4. The van der Waals surface area contributed by atoms with Crippen LogP contribution >= 0.6 is 23.2 Å². The van der Waals surface area contributed by atoms with E-state index in [1.165, 1.54) is 0 Å². The Bertz CT molecular complexity index is 558. The summed E-state index contributed by atoms with van der Waals surface area (Å²) in [4.78, 5) is 4.01. The summed E-state index contributed by atoms with van der Waals surface area (Å²) in [6.07, 6.45) is 1.60. The van der Waals surface area contributed by atoms with E-state index in [1.807, 2.05) is 0 Å². The number of nitrogen functional groups attached to an aromatic ring is 1. The number of benzene rings is 1. The van der Waals surface area contributed by atoms with E-state index in [1.54, 1.807) is 30.5 Å². The van der Waals surface area contributed by atoms with Crippen molar-refractivity contribution in [1.82, 2.24) is 4.98 Å². The molecule has 0 amide bonds. The van der Waals surface area contributed by atoms with Gasteiger partial charge in [0, 0.05) is 32.9 Å². The van der Waals surface area contributed by atoms with Crippen molar-refractivity contribution in [2.75, 3.05) is 5.73 Å². The summed E-state index contributed by atoms with van der Waals surface area (Å²) in [5.74, 6) is 0.314. The Balaban J connectivity index is 2.56. The molecular formula is C12H10Cl2N2O. The van der Waals surface area contributed by atoms with E-state index in [2.05, 4.69) is 4.98 Å². The molecule has 1 aromatic heterocycles. The van der Waals surface area contributed by atoms with Crippen molar-refractivity contribution >= 4 is 29.0 Å². The molecule has 0 bridgehead atoms. The maximum Gasteiger partial charge on any atom is 0.128 e. The summed E-state index contributed by atoms with van der Waals surface area (Å²) < 4.78 is 0. The summed E-state index contributed by atoms with van der Waals surface area (Å²) in [5, 5.41) is 10.3. The van der Waals surface area contributed by atoms with Gasteiger partial charge in [-0.15, -0.1) is 0 Å². The predicted molar refractivity (Wildman–Crippen MR) is 70.0 cm³/mol. The van der Waals surface area contributed by atoms with Gasteiger partial charge in [0.05, 0.1) is 6.61 Å². The highest BCUT2D eigenvalue weighted by molar-refractivity contribution is 6.35. The Morgan fingerprint density at radius 2 is 2.00 bits per heavy atom. The number of hydrogen-bond donors (Lipinski definition) is 2. The quantitative estimate of drug-likeness (QED) is 0.880. The lowest BCUT2D eigenvalue weighted by Crippen LogP contribution is -1.98. The highest BCUT2D eigenvalue weighted by Crippen LogP contribution is 2.31. The van der Waals surface area contributed by atoms with Gasteiger partial charge in [-0.05, 0) is 24.3 Å². The minimum absolute atomic E-state index is 0.162. The van der Waals surface area contributed by atoms with E-state index in [0.717, 1.165) is 11.1 Å². The van der Waals surface area contributed by atoms with Crippen molar-refractivity contribution in [3.8, 4) is 11.1 Å². The lowest BCUT2D eigenvalue weighted by atomic mass is 10.1. The summed E-state index contributed by atoms with van der Waals surface area (Å²) in [7, 11) is 0. The first-order valence-electron chi connectivity index (χ1n) is 4.92. The van der Waals surface area contributed by atoms with Gasteiger partial charge < -0.3 is 10.8 Å². The average molecular weight is 269 g/mol. The molecule has 0 aliphatic heterocycles. The Labute approximate surface area is 109 Å². The first-order chi connectivity index (χ1) is 8.11. The van der Waals surface area contributed by atoms with Crippen molar-refractivity contribution in [3.05, 3.63) is 46.1 Å². The predicted octanol–water partition coefficient (Wildman–Crippen LogP) is 3.13. The molecule has 0 saturated carbocycles. The van der Waals surface area contributed by atoms with Crippen LogP contribution < -0.4 is 5.73 Å². The Kier molecular flexibility index (Phi) is 3.52. The van der Waals surface area contributed by atoms with Crippen molar-refractivity contribution < 1.29 is 5.11 Å². The van der Waals surface area contributed by atoms with Gasteiger partial charge in [-0.3, -0.25) is 0 Å². The second kappa shape index (κ2) is 4.92. The normalized spacial score (nSPS) is 10.5. The molecule has 0 saturated heterocycles. The molecule has 1 aromatic carbocycles. The van der Waals surface area contributed by atoms with Gasteiger partial charge in [-0.25, -0.2) is 4.98 Å². The van der Waals surface area contributed by atoms with Gasteiger partial charge in [0.25, 0.3) is 0 Å². The highest BCUT2D eigenvalue weighted by atomic mass is 35.5. The summed E-state index contributed by atoms with van der Waals surface area (Å²) in [5.41, 5.74) is 7.72. The standard InChI is InChI=1S/C12H10Cl2N2O/c13-9-1-2-11(14)10(4-9)7-3-8(6-17)12(15)16-5-7/h1-5,17H,6H2,(H2,15,16). The molecule has 0 radical (unpaired) electrons. The number of aliphatic hydroxyl groups excluding tert-OH is 1. The molecule has 0 fully saturated rings. The van der Waals surface area contributed by atoms with E-state index in [-0.39, 0.29) is 6.61 Å². The number of hydrogen-bond acceptors (Lipinski definition) is 3. The van der Waals surface area contributed by atoms with Crippen LogP contribution in [0.3, 0.4) is 0 Å². The molecule has 2 rings (SSSR count). The lowest BCUT2D eigenvalue weighted by Gasteiger charge is -2.08. The van der Waals surface area contributed by atoms with E-state index in [9.17, 15) is 0 Å². The monoisotopic (exact) mass is 268 g/mol. The first-order valence-corrected chi connectivity index (χ1v) is 5.68. The third kappa shape index (κ3) is 2.52. The molecule has 0 spiro atoms. The van der Waals surface area contributed by atoms with Crippen LogP contribution in [0.4, 0.5) is 5.82 Å². The van der Waals surface area contributed by atoms with Crippen LogP contribution in [0.2, 0.25) is 10.0 Å². The molecule has 3 nitrogen and oxygen atoms in total. The lowest BCUT2D eigenvalue weighted by molar-refractivity contribution is 0.282. The Hall–Kier alpha value is -1.29. The number of nitrogens with two attached hydrogens (primary N) is 1. The fourth-order valence-corrected chi connectivity index (χ4v) is 1.91. The minimum Gasteiger partial charge on any atom is -0.392 e. The molecule has 0 atom stereocenters. The zero-order valence-corrected chi connectivity index (χ0v) is 10.3. The molecule has 88 valence electrons. The van der Waals surface area contributed by atoms with Gasteiger partial charge in [0.1, 0.15) is 5.82 Å². The molecule has 3 N–H and O–H groups in total. The van der Waals surface area contributed by atoms with E-state index in [0.29, 0.717) is 21.4 Å². The number of aromatic nitrogens is 1. The van der Waals surface area contributed by atoms with Crippen LogP contribution in [0.25, 0.3) is 11.1 Å². The largest absolute Gasteiger partial charge is 0.392 e. The van der Waals surface area contributed by atoms with Crippen LogP contribution in [0.1, 0.15) is 5.56 Å². The number of aliphatic hydroxyl groups is 1. The first kappa shape index (κ1) is 12.2. The highest BCUT2D eigenvalue weighted by Gasteiger charge is 2.07. The van der Waals surface area contributed by atoms with Crippen LogP contribution in [-0.2, 0) is 6.61 Å². The van der Waals surface area contributed by atoms with Crippen molar-refractivity contribution in [2.24, 2.45) is 0 Å². The van der Waals surface area contributed by atoms with Gasteiger partial charge >= 0.3 is 0 Å². The van der Waals surface area contributed by atoms with Gasteiger partial charge in [-0.1, -0.05) is 23.2 Å². The zero-order valence-electron chi connectivity index (χ0n) is 8.82. The van der Waals surface area contributed by atoms with Crippen LogP contribution in [-0.4, -0.2) is 10.1 Å². The van der Waals surface area contributed by atoms with Crippen molar-refractivity contribution in [3.63, 3.8) is 0 Å². The molecular weight excluding hydrogens is 259 g/mol. The summed E-state index contributed by atoms with van der Waals surface area (Å²) in [6.45, 7) is -0.162. The molecule has 17 heavy (non-hydrogen) atoms. The second-order valence-electron chi connectivity index (χ2n) is 3.55. The Morgan fingerprint density at radius 1 is 1.24 bits per heavy atom. The van der Waals surface area contributed by atoms with Gasteiger partial charge in [0.2, 0.25) is 0 Å². The maximum absolute atomic E-state index is 9.13. The van der Waals surface area contributed by atoms with Gasteiger partial charge in [0.15, 0.2) is 0 Å². The molecule has 5 heteroatoms. The summed E-state index contributed by atoms with van der Waals surface area (Å²) in [6, 6.07) is 6.93. The van der Waals surface area contributed by atoms with Crippen molar-refractivity contribution in [1.29, 1.82) is 0 Å². The molecule has 0 aliphatic carbocycles. The van der Waals surface area contributed by atoms with E-state index < -0.39 is 0 Å². The topological polar surface area (TPSA) is 59.1 Å². The fourth-order valence-electron chi connectivity index (χ4n) is 1.51. The third-order valence-corrected chi connectivity index (χ3v) is 2.98. The number of pyridine rings is 1. The van der Waals surface area contributed by atoms with Crippen LogP contribution in [0.15, 0.2) is 30.5 Å². The number of halogens is 2. The molecule has 1 heterocycles. The number of anilines is 1. The van der Waals surface area contributed by atoms with E-state index in [4.69, 9.17) is 34.0 Å². The van der Waals surface area contributed by atoms with E-state index >= 15 is 0 Å². The Morgan fingerprint density at radius 3 is 2.71 bits per heavy atom. The smallest absolute Gasteiger partial charge is 0.128 e. The molecule has 0 unspecified atom stereocenters. The third-order valence-electron chi connectivity index (χ3n) is 2.41. The SMILES string of the molecule is Nc1ncc(-c2cc(Cl)ccc2Cl)cc1CO. The van der Waals surface area contributed by atoms with Gasteiger partial charge in [-0.2, -0.15) is 0 Å². The average Bonchev–Trinajstić information content (AvgIpc) is 2.33.